The minimum atomic E-state index is -0.00741. The van der Waals surface area contributed by atoms with Crippen LogP contribution < -0.4 is 5.32 Å². The van der Waals surface area contributed by atoms with Gasteiger partial charge in [-0.15, -0.1) is 0 Å². The Morgan fingerprint density at radius 3 is 2.59 bits per heavy atom. The Balaban J connectivity index is 1.63. The molecule has 1 aliphatic rings. The fourth-order valence-electron chi connectivity index (χ4n) is 2.52. The lowest BCUT2D eigenvalue weighted by Crippen LogP contribution is -2.50. The Morgan fingerprint density at radius 2 is 2.00 bits per heavy atom. The molecule has 22 heavy (non-hydrogen) atoms. The lowest BCUT2D eigenvalue weighted by atomic mass is 10.1. The lowest BCUT2D eigenvalue weighted by molar-refractivity contribution is -0.133. The highest BCUT2D eigenvalue weighted by atomic mass is 32.1. The Kier molecular flexibility index (Phi) is 6.39. The zero-order valence-electron chi connectivity index (χ0n) is 13.4. The van der Waals surface area contributed by atoms with Crippen molar-refractivity contribution < 1.29 is 9.59 Å². The number of amides is 2. The van der Waals surface area contributed by atoms with Crippen molar-refractivity contribution in [2.24, 2.45) is 5.92 Å². The summed E-state index contributed by atoms with van der Waals surface area (Å²) in [6.07, 6.45) is 0.636. The third-order valence-electron chi connectivity index (χ3n) is 3.80. The SMILES string of the molecule is CC(C)CC(=O)N1CCN(CCNC(=O)c2ccsc2)CC1. The van der Waals surface area contributed by atoms with Crippen molar-refractivity contribution in [3.63, 3.8) is 0 Å². The van der Waals surface area contributed by atoms with E-state index in [4.69, 9.17) is 0 Å². The molecule has 1 aliphatic heterocycles. The quantitative estimate of drug-likeness (QED) is 0.866. The molecule has 1 fully saturated rings. The zero-order valence-corrected chi connectivity index (χ0v) is 14.2. The van der Waals surface area contributed by atoms with Crippen LogP contribution in [0.5, 0.6) is 0 Å². The maximum atomic E-state index is 12.0. The molecule has 122 valence electrons. The van der Waals surface area contributed by atoms with Gasteiger partial charge in [0.1, 0.15) is 0 Å². The van der Waals surface area contributed by atoms with Crippen molar-refractivity contribution in [1.29, 1.82) is 0 Å². The first-order valence-corrected chi connectivity index (χ1v) is 8.81. The molecular formula is C16H25N3O2S. The van der Waals surface area contributed by atoms with Gasteiger partial charge in [-0.05, 0) is 17.4 Å². The van der Waals surface area contributed by atoms with Crippen LogP contribution in [0.2, 0.25) is 0 Å². The molecule has 1 N–H and O–H groups in total. The molecule has 0 bridgehead atoms. The zero-order chi connectivity index (χ0) is 15.9. The summed E-state index contributed by atoms with van der Waals surface area (Å²) in [7, 11) is 0. The molecule has 1 saturated heterocycles. The van der Waals surface area contributed by atoms with Crippen molar-refractivity contribution >= 4 is 23.2 Å². The average Bonchev–Trinajstić information content (AvgIpc) is 3.01. The second-order valence-corrected chi connectivity index (χ2v) is 6.87. The van der Waals surface area contributed by atoms with Crippen LogP contribution in [0.1, 0.15) is 30.6 Å². The minimum Gasteiger partial charge on any atom is -0.351 e. The van der Waals surface area contributed by atoms with Gasteiger partial charge in [-0.25, -0.2) is 0 Å². The predicted octanol–water partition coefficient (Wildman–Crippen LogP) is 1.67. The van der Waals surface area contributed by atoms with Gasteiger partial charge in [-0.3, -0.25) is 14.5 Å². The van der Waals surface area contributed by atoms with Crippen LogP contribution in [0, 0.1) is 5.92 Å². The smallest absolute Gasteiger partial charge is 0.252 e. The highest BCUT2D eigenvalue weighted by Crippen LogP contribution is 2.08. The number of piperazine rings is 1. The molecule has 1 aromatic rings. The summed E-state index contributed by atoms with van der Waals surface area (Å²) in [6.45, 7) is 9.00. The topological polar surface area (TPSA) is 52.7 Å². The van der Waals surface area contributed by atoms with E-state index in [1.165, 1.54) is 11.3 Å². The third kappa shape index (κ3) is 5.10. The molecule has 0 unspecified atom stereocenters. The minimum absolute atomic E-state index is 0.00741. The molecule has 0 atom stereocenters. The Bertz CT molecular complexity index is 480. The van der Waals surface area contributed by atoms with Gasteiger partial charge in [0, 0.05) is 56.6 Å². The molecule has 0 spiro atoms. The van der Waals surface area contributed by atoms with Crippen LogP contribution >= 0.6 is 11.3 Å². The van der Waals surface area contributed by atoms with E-state index < -0.39 is 0 Å². The average molecular weight is 323 g/mol. The van der Waals surface area contributed by atoms with E-state index in [2.05, 4.69) is 24.1 Å². The van der Waals surface area contributed by atoms with Crippen LogP contribution in [0.3, 0.4) is 0 Å². The van der Waals surface area contributed by atoms with Gasteiger partial charge < -0.3 is 10.2 Å². The number of thiophene rings is 1. The number of carbonyl (C=O) groups is 2. The molecule has 0 radical (unpaired) electrons. The van der Waals surface area contributed by atoms with Crippen LogP contribution in [0.15, 0.2) is 16.8 Å². The first-order valence-electron chi connectivity index (χ1n) is 7.87. The molecule has 5 nitrogen and oxygen atoms in total. The molecule has 0 aliphatic carbocycles. The predicted molar refractivity (Wildman–Crippen MR) is 89.1 cm³/mol. The number of hydrogen-bond acceptors (Lipinski definition) is 4. The lowest BCUT2D eigenvalue weighted by Gasteiger charge is -2.35. The van der Waals surface area contributed by atoms with Crippen LogP contribution in [-0.4, -0.2) is 60.9 Å². The van der Waals surface area contributed by atoms with Gasteiger partial charge in [-0.2, -0.15) is 11.3 Å². The van der Waals surface area contributed by atoms with Gasteiger partial charge in [-0.1, -0.05) is 13.8 Å². The van der Waals surface area contributed by atoms with Crippen molar-refractivity contribution in [3.05, 3.63) is 22.4 Å². The molecule has 2 heterocycles. The van der Waals surface area contributed by atoms with E-state index in [1.807, 2.05) is 21.7 Å². The van der Waals surface area contributed by atoms with Crippen LogP contribution in [-0.2, 0) is 4.79 Å². The van der Waals surface area contributed by atoms with Crippen molar-refractivity contribution in [2.75, 3.05) is 39.3 Å². The largest absolute Gasteiger partial charge is 0.351 e. The molecule has 1 aromatic heterocycles. The highest BCUT2D eigenvalue weighted by Gasteiger charge is 2.21. The highest BCUT2D eigenvalue weighted by molar-refractivity contribution is 7.08. The summed E-state index contributed by atoms with van der Waals surface area (Å²) >= 11 is 1.53. The summed E-state index contributed by atoms with van der Waals surface area (Å²) in [5.41, 5.74) is 0.731. The number of nitrogens with zero attached hydrogens (tertiary/aromatic N) is 2. The fraction of sp³-hybridized carbons (Fsp3) is 0.625. The van der Waals surface area contributed by atoms with E-state index in [1.54, 1.807) is 0 Å². The molecule has 2 rings (SSSR count). The summed E-state index contributed by atoms with van der Waals surface area (Å²) in [6, 6.07) is 1.83. The molecule has 0 saturated carbocycles. The summed E-state index contributed by atoms with van der Waals surface area (Å²) in [4.78, 5) is 28.1. The molecule has 2 amide bonds. The van der Waals surface area contributed by atoms with E-state index in [-0.39, 0.29) is 11.8 Å². The van der Waals surface area contributed by atoms with Crippen LogP contribution in [0.4, 0.5) is 0 Å². The van der Waals surface area contributed by atoms with E-state index in [0.717, 1.165) is 38.3 Å². The standard InChI is InChI=1S/C16H25N3O2S/c1-13(2)11-15(20)19-8-6-18(7-9-19)5-4-17-16(21)14-3-10-22-12-14/h3,10,12-13H,4-9,11H2,1-2H3,(H,17,21). The molecular weight excluding hydrogens is 298 g/mol. The third-order valence-corrected chi connectivity index (χ3v) is 4.49. The molecule has 0 aromatic carbocycles. The summed E-state index contributed by atoms with van der Waals surface area (Å²) < 4.78 is 0. The Morgan fingerprint density at radius 1 is 1.27 bits per heavy atom. The second kappa shape index (κ2) is 8.29. The first kappa shape index (κ1) is 17.0. The van der Waals surface area contributed by atoms with E-state index in [9.17, 15) is 9.59 Å². The van der Waals surface area contributed by atoms with Crippen molar-refractivity contribution in [1.82, 2.24) is 15.1 Å². The van der Waals surface area contributed by atoms with E-state index in [0.29, 0.717) is 18.9 Å². The maximum Gasteiger partial charge on any atom is 0.252 e. The number of hydrogen-bond donors (Lipinski definition) is 1. The van der Waals surface area contributed by atoms with Gasteiger partial charge in [0.2, 0.25) is 5.91 Å². The number of carbonyl (C=O) groups excluding carboxylic acids is 2. The summed E-state index contributed by atoms with van der Waals surface area (Å²) in [5, 5.41) is 6.70. The van der Waals surface area contributed by atoms with Gasteiger partial charge in [0.25, 0.3) is 5.91 Å². The fourth-order valence-corrected chi connectivity index (χ4v) is 3.16. The maximum absolute atomic E-state index is 12.0. The Labute approximate surface area is 136 Å². The van der Waals surface area contributed by atoms with Crippen molar-refractivity contribution in [3.8, 4) is 0 Å². The van der Waals surface area contributed by atoms with Gasteiger partial charge in [0.05, 0.1) is 0 Å². The van der Waals surface area contributed by atoms with Gasteiger partial charge >= 0.3 is 0 Å². The number of nitrogens with one attached hydrogen (secondary N) is 1. The summed E-state index contributed by atoms with van der Waals surface area (Å²) in [5.74, 6) is 0.672. The molecule has 6 heteroatoms. The van der Waals surface area contributed by atoms with Crippen LogP contribution in [0.25, 0.3) is 0 Å². The number of rotatable bonds is 6. The monoisotopic (exact) mass is 323 g/mol. The van der Waals surface area contributed by atoms with E-state index >= 15 is 0 Å². The van der Waals surface area contributed by atoms with Gasteiger partial charge in [0.15, 0.2) is 0 Å². The van der Waals surface area contributed by atoms with Crippen molar-refractivity contribution in [2.45, 2.75) is 20.3 Å². The Hall–Kier alpha value is -1.40. The second-order valence-electron chi connectivity index (χ2n) is 6.09. The first-order chi connectivity index (χ1) is 10.6. The normalized spacial score (nSPS) is 16.0.